The number of furan rings is 1. The molecule has 3 heterocycles. The summed E-state index contributed by atoms with van der Waals surface area (Å²) in [6, 6.07) is 17.2. The highest BCUT2D eigenvalue weighted by molar-refractivity contribution is 5.92. The summed E-state index contributed by atoms with van der Waals surface area (Å²) in [6.45, 7) is 5.62. The Kier molecular flexibility index (Phi) is 7.09. The first-order valence-electron chi connectivity index (χ1n) is 12.6. The predicted octanol–water partition coefficient (Wildman–Crippen LogP) is 4.44. The summed E-state index contributed by atoms with van der Waals surface area (Å²) in [5.41, 5.74) is 4.30. The second-order valence-electron chi connectivity index (χ2n) is 9.54. The Bertz CT molecular complexity index is 1220. The number of nitrogens with one attached hydrogen (secondary N) is 1. The number of rotatable bonds is 7. The lowest BCUT2D eigenvalue weighted by atomic mass is 9.87. The fraction of sp³-hybridized carbons (Fsp3) is 0.379. The van der Waals surface area contributed by atoms with E-state index in [1.807, 2.05) is 48.2 Å². The Morgan fingerprint density at radius 3 is 2.81 bits per heavy atom. The molecule has 0 radical (unpaired) electrons. The Labute approximate surface area is 211 Å². The van der Waals surface area contributed by atoms with E-state index >= 15 is 0 Å². The van der Waals surface area contributed by atoms with Gasteiger partial charge in [-0.25, -0.2) is 0 Å². The molecule has 7 heteroatoms. The van der Waals surface area contributed by atoms with Crippen LogP contribution >= 0.6 is 0 Å². The number of hydrogen-bond acceptors (Lipinski definition) is 5. The van der Waals surface area contributed by atoms with Crippen LogP contribution in [-0.2, 0) is 16.0 Å². The van der Waals surface area contributed by atoms with Crippen LogP contribution in [0.2, 0.25) is 0 Å². The molecule has 0 spiro atoms. The molecule has 0 unspecified atom stereocenters. The number of ether oxygens (including phenoxy) is 2. The minimum Gasteiger partial charge on any atom is -0.481 e. The van der Waals surface area contributed by atoms with Crippen molar-refractivity contribution in [1.29, 1.82) is 0 Å². The molecule has 2 aromatic carbocycles. The third-order valence-corrected chi connectivity index (χ3v) is 6.91. The van der Waals surface area contributed by atoms with Gasteiger partial charge in [-0.05, 0) is 74.1 Å². The van der Waals surface area contributed by atoms with Gasteiger partial charge >= 0.3 is 0 Å². The molecule has 0 bridgehead atoms. The van der Waals surface area contributed by atoms with E-state index < -0.39 is 6.10 Å². The van der Waals surface area contributed by atoms with Crippen molar-refractivity contribution >= 4 is 11.8 Å². The normalized spacial score (nSPS) is 20.0. The average molecular weight is 489 g/mol. The standard InChI is InChI=1S/C29H32N2O5/c1-19-6-3-7-22(16-19)27-25-17-23(36-20(2)28(32)30-18-24-8-4-14-34-24)11-10-21(25)12-13-31(27)29(33)26-9-5-15-35-26/h3,5-7,9-11,15-17,20,24,27H,4,8,12-14,18H2,1-2H3,(H,30,32)/t20-,24-,27+/m0/s1. The number of carbonyl (C=O) groups is 2. The van der Waals surface area contributed by atoms with Crippen molar-refractivity contribution in [3.05, 3.63) is 88.9 Å². The van der Waals surface area contributed by atoms with Gasteiger partial charge in [0.1, 0.15) is 5.75 Å². The van der Waals surface area contributed by atoms with Crippen LogP contribution in [0.25, 0.3) is 0 Å². The van der Waals surface area contributed by atoms with Crippen LogP contribution in [0, 0.1) is 6.92 Å². The van der Waals surface area contributed by atoms with Gasteiger partial charge in [0.25, 0.3) is 11.8 Å². The molecule has 188 valence electrons. The Hall–Kier alpha value is -3.58. The van der Waals surface area contributed by atoms with Crippen LogP contribution < -0.4 is 10.1 Å². The third kappa shape index (κ3) is 5.16. The van der Waals surface area contributed by atoms with Crippen molar-refractivity contribution in [2.45, 2.75) is 51.4 Å². The number of carbonyl (C=O) groups excluding carboxylic acids is 2. The Balaban J connectivity index is 1.40. The number of benzene rings is 2. The molecule has 1 N–H and O–H groups in total. The lowest BCUT2D eigenvalue weighted by Crippen LogP contribution is -2.41. The smallest absolute Gasteiger partial charge is 0.290 e. The number of amides is 2. The van der Waals surface area contributed by atoms with Crippen molar-refractivity contribution in [3.8, 4) is 5.75 Å². The highest BCUT2D eigenvalue weighted by atomic mass is 16.5. The van der Waals surface area contributed by atoms with Crippen LogP contribution in [0.5, 0.6) is 5.75 Å². The first-order chi connectivity index (χ1) is 17.5. The van der Waals surface area contributed by atoms with E-state index in [4.69, 9.17) is 13.9 Å². The molecule has 1 saturated heterocycles. The minimum atomic E-state index is -0.661. The zero-order chi connectivity index (χ0) is 25.1. The number of fused-ring (bicyclic) bond motifs is 1. The second kappa shape index (κ2) is 10.6. The minimum absolute atomic E-state index is 0.0812. The second-order valence-corrected chi connectivity index (χ2v) is 9.54. The molecular formula is C29H32N2O5. The zero-order valence-electron chi connectivity index (χ0n) is 20.7. The van der Waals surface area contributed by atoms with Gasteiger partial charge in [0.05, 0.1) is 18.4 Å². The predicted molar refractivity (Wildman–Crippen MR) is 135 cm³/mol. The molecule has 1 aromatic heterocycles. The largest absolute Gasteiger partial charge is 0.481 e. The third-order valence-electron chi connectivity index (χ3n) is 6.91. The van der Waals surface area contributed by atoms with E-state index in [2.05, 4.69) is 11.4 Å². The summed E-state index contributed by atoms with van der Waals surface area (Å²) in [4.78, 5) is 27.9. The van der Waals surface area contributed by atoms with Crippen LogP contribution in [0.3, 0.4) is 0 Å². The zero-order valence-corrected chi connectivity index (χ0v) is 20.7. The van der Waals surface area contributed by atoms with Crippen molar-refractivity contribution in [2.24, 2.45) is 0 Å². The molecule has 0 saturated carbocycles. The molecule has 2 aliphatic heterocycles. The first-order valence-corrected chi connectivity index (χ1v) is 12.6. The fourth-order valence-corrected chi connectivity index (χ4v) is 5.05. The van der Waals surface area contributed by atoms with Gasteiger partial charge in [-0.1, -0.05) is 35.9 Å². The van der Waals surface area contributed by atoms with Gasteiger partial charge in [0.2, 0.25) is 0 Å². The lowest BCUT2D eigenvalue weighted by Gasteiger charge is -2.37. The molecule has 2 aliphatic rings. The summed E-state index contributed by atoms with van der Waals surface area (Å²) < 4.78 is 17.1. The summed E-state index contributed by atoms with van der Waals surface area (Å²) in [5, 5.41) is 2.93. The first kappa shape index (κ1) is 24.1. The number of nitrogens with zero attached hydrogens (tertiary/aromatic N) is 1. The summed E-state index contributed by atoms with van der Waals surface area (Å²) in [5.74, 6) is 0.594. The Morgan fingerprint density at radius 2 is 2.06 bits per heavy atom. The topological polar surface area (TPSA) is 81.0 Å². The van der Waals surface area contributed by atoms with Crippen LogP contribution in [0.15, 0.2) is 65.3 Å². The maximum atomic E-state index is 13.4. The molecule has 36 heavy (non-hydrogen) atoms. The molecule has 2 amide bonds. The summed E-state index contributed by atoms with van der Waals surface area (Å²) in [7, 11) is 0. The van der Waals surface area contributed by atoms with Crippen molar-refractivity contribution in [1.82, 2.24) is 10.2 Å². The van der Waals surface area contributed by atoms with Crippen molar-refractivity contribution in [3.63, 3.8) is 0 Å². The highest BCUT2D eigenvalue weighted by Gasteiger charge is 2.34. The van der Waals surface area contributed by atoms with E-state index in [0.717, 1.165) is 48.1 Å². The van der Waals surface area contributed by atoms with Crippen LogP contribution in [0.1, 0.15) is 58.6 Å². The quantitative estimate of drug-likeness (QED) is 0.532. The van der Waals surface area contributed by atoms with E-state index in [-0.39, 0.29) is 24.0 Å². The fourth-order valence-electron chi connectivity index (χ4n) is 5.05. The van der Waals surface area contributed by atoms with E-state index in [9.17, 15) is 9.59 Å². The van der Waals surface area contributed by atoms with Gasteiger partial charge in [0, 0.05) is 19.7 Å². The van der Waals surface area contributed by atoms with E-state index in [0.29, 0.717) is 24.6 Å². The summed E-state index contributed by atoms with van der Waals surface area (Å²) >= 11 is 0. The molecule has 3 atom stereocenters. The summed E-state index contributed by atoms with van der Waals surface area (Å²) in [6.07, 6.45) is 3.66. The maximum absolute atomic E-state index is 13.4. The lowest BCUT2D eigenvalue weighted by molar-refractivity contribution is -0.127. The van der Waals surface area contributed by atoms with Gasteiger partial charge in [-0.3, -0.25) is 9.59 Å². The van der Waals surface area contributed by atoms with E-state index in [1.165, 1.54) is 6.26 Å². The van der Waals surface area contributed by atoms with Gasteiger partial charge in [-0.15, -0.1) is 0 Å². The molecule has 7 nitrogen and oxygen atoms in total. The number of hydrogen-bond donors (Lipinski definition) is 1. The molecule has 0 aliphatic carbocycles. The maximum Gasteiger partial charge on any atom is 0.290 e. The van der Waals surface area contributed by atoms with Crippen molar-refractivity contribution < 1.29 is 23.5 Å². The number of aryl methyl sites for hydroxylation is 1. The van der Waals surface area contributed by atoms with Gasteiger partial charge < -0.3 is 24.1 Å². The average Bonchev–Trinajstić information content (AvgIpc) is 3.61. The highest BCUT2D eigenvalue weighted by Crippen LogP contribution is 2.38. The van der Waals surface area contributed by atoms with Gasteiger partial charge in [-0.2, -0.15) is 0 Å². The Morgan fingerprint density at radius 1 is 1.17 bits per heavy atom. The van der Waals surface area contributed by atoms with Gasteiger partial charge in [0.15, 0.2) is 11.9 Å². The van der Waals surface area contributed by atoms with Crippen LogP contribution in [0.4, 0.5) is 0 Å². The SMILES string of the molecule is Cc1cccc([C@@H]2c3cc(O[C@@H](C)C(=O)NC[C@@H]4CCCO4)ccc3CCN2C(=O)c2ccco2)c1. The van der Waals surface area contributed by atoms with Crippen molar-refractivity contribution in [2.75, 3.05) is 19.7 Å². The molecule has 1 fully saturated rings. The molecule has 5 rings (SSSR count). The van der Waals surface area contributed by atoms with E-state index in [1.54, 1.807) is 19.1 Å². The molecule has 3 aromatic rings. The monoisotopic (exact) mass is 488 g/mol. The van der Waals surface area contributed by atoms with Crippen LogP contribution in [-0.4, -0.2) is 48.6 Å². The molecular weight excluding hydrogens is 456 g/mol.